The first kappa shape index (κ1) is 23.9. The van der Waals surface area contributed by atoms with Gasteiger partial charge in [-0.1, -0.05) is 32.4 Å². The molecule has 2 amide bonds. The van der Waals surface area contributed by atoms with Crippen LogP contribution in [0.2, 0.25) is 0 Å². The van der Waals surface area contributed by atoms with E-state index >= 15 is 0 Å². The van der Waals surface area contributed by atoms with Crippen molar-refractivity contribution in [2.75, 3.05) is 11.9 Å². The van der Waals surface area contributed by atoms with E-state index in [1.807, 2.05) is 13.8 Å². The second-order valence-corrected chi connectivity index (χ2v) is 10.6. The predicted octanol–water partition coefficient (Wildman–Crippen LogP) is 3.39. The molecule has 8 nitrogen and oxygen atoms in total. The standard InChI is InChI=1S/C22H28N4O4S2/c1-15(2)20(25-21(27)18-10-7-13-31-18)22(28)24-16-8-6-9-17(14-16)32(29,30)26-19-11-4-3-5-12-23-19/h6-10,13-15,20H,3-5,11-12H2,1-2H3,(H,23,26)(H,24,28)(H,25,27). The molecule has 1 aliphatic rings. The molecule has 0 saturated heterocycles. The molecule has 10 heteroatoms. The van der Waals surface area contributed by atoms with Crippen molar-refractivity contribution in [1.29, 1.82) is 0 Å². The fourth-order valence-electron chi connectivity index (χ4n) is 3.29. The summed E-state index contributed by atoms with van der Waals surface area (Å²) in [4.78, 5) is 30.1. The van der Waals surface area contributed by atoms with Crippen LogP contribution in [-0.2, 0) is 14.8 Å². The number of carbonyl (C=O) groups is 2. The molecule has 0 fully saturated rings. The van der Waals surface area contributed by atoms with Gasteiger partial charge >= 0.3 is 0 Å². The van der Waals surface area contributed by atoms with Gasteiger partial charge in [-0.15, -0.1) is 11.3 Å². The van der Waals surface area contributed by atoms with E-state index in [1.165, 1.54) is 23.5 Å². The number of nitrogens with zero attached hydrogens (tertiary/aromatic N) is 1. The van der Waals surface area contributed by atoms with Crippen LogP contribution < -0.4 is 15.4 Å². The molecule has 2 heterocycles. The molecule has 0 saturated carbocycles. The zero-order valence-corrected chi connectivity index (χ0v) is 19.8. The average molecular weight is 477 g/mol. The van der Waals surface area contributed by atoms with E-state index in [9.17, 15) is 18.0 Å². The molecule has 1 aliphatic heterocycles. The van der Waals surface area contributed by atoms with Gasteiger partial charge in [-0.05, 0) is 48.4 Å². The van der Waals surface area contributed by atoms with Gasteiger partial charge in [-0.3, -0.25) is 19.3 Å². The van der Waals surface area contributed by atoms with Gasteiger partial charge in [0.1, 0.15) is 11.9 Å². The highest BCUT2D eigenvalue weighted by Gasteiger charge is 2.26. The van der Waals surface area contributed by atoms with Crippen LogP contribution in [0.5, 0.6) is 0 Å². The number of hydrogen-bond donors (Lipinski definition) is 3. The molecular weight excluding hydrogens is 448 g/mol. The van der Waals surface area contributed by atoms with E-state index in [1.54, 1.807) is 29.6 Å². The number of amidine groups is 1. The normalized spacial score (nSPS) is 15.4. The monoisotopic (exact) mass is 476 g/mol. The Hall–Kier alpha value is -2.72. The predicted molar refractivity (Wildman–Crippen MR) is 127 cm³/mol. The summed E-state index contributed by atoms with van der Waals surface area (Å²) in [6, 6.07) is 8.72. The number of thiophene rings is 1. The maximum absolute atomic E-state index is 12.9. The number of benzene rings is 1. The number of nitrogens with one attached hydrogen (secondary N) is 3. The number of hydrogen-bond acceptors (Lipinski definition) is 6. The Kier molecular flexibility index (Phi) is 8.03. The minimum atomic E-state index is -3.82. The number of anilines is 1. The molecule has 1 aromatic heterocycles. The molecule has 2 aromatic rings. The van der Waals surface area contributed by atoms with Crippen molar-refractivity contribution >= 4 is 44.7 Å². The molecule has 0 bridgehead atoms. The summed E-state index contributed by atoms with van der Waals surface area (Å²) in [5, 5.41) is 7.28. The third-order valence-electron chi connectivity index (χ3n) is 5.02. The van der Waals surface area contributed by atoms with Gasteiger partial charge in [0.25, 0.3) is 15.9 Å². The topological polar surface area (TPSA) is 117 Å². The minimum absolute atomic E-state index is 0.0333. The fourth-order valence-corrected chi connectivity index (χ4v) is 5.05. The lowest BCUT2D eigenvalue weighted by atomic mass is 10.0. The minimum Gasteiger partial charge on any atom is -0.339 e. The Morgan fingerprint density at radius 1 is 1.09 bits per heavy atom. The molecule has 3 N–H and O–H groups in total. The first-order valence-electron chi connectivity index (χ1n) is 10.6. The van der Waals surface area contributed by atoms with E-state index in [4.69, 9.17) is 0 Å². The zero-order chi connectivity index (χ0) is 23.1. The van der Waals surface area contributed by atoms with Crippen molar-refractivity contribution in [2.24, 2.45) is 10.9 Å². The molecule has 3 rings (SSSR count). The molecule has 0 radical (unpaired) electrons. The number of amides is 2. The lowest BCUT2D eigenvalue weighted by Crippen LogP contribution is -2.47. The summed E-state index contributed by atoms with van der Waals surface area (Å²) in [6.07, 6.45) is 3.46. The molecular formula is C22H28N4O4S2. The summed E-state index contributed by atoms with van der Waals surface area (Å²) in [5.74, 6) is -0.437. The van der Waals surface area contributed by atoms with Gasteiger partial charge in [0, 0.05) is 18.7 Å². The van der Waals surface area contributed by atoms with Gasteiger partial charge < -0.3 is 10.6 Å². The second-order valence-electron chi connectivity index (χ2n) is 7.93. The number of sulfonamides is 1. The largest absolute Gasteiger partial charge is 0.339 e. The molecule has 1 atom stereocenters. The van der Waals surface area contributed by atoms with E-state index in [-0.39, 0.29) is 16.7 Å². The maximum Gasteiger partial charge on any atom is 0.262 e. The van der Waals surface area contributed by atoms with E-state index in [2.05, 4.69) is 20.3 Å². The molecule has 1 unspecified atom stereocenters. The van der Waals surface area contributed by atoms with E-state index < -0.39 is 22.0 Å². The smallest absolute Gasteiger partial charge is 0.262 e. The van der Waals surface area contributed by atoms with Crippen LogP contribution >= 0.6 is 11.3 Å². The SMILES string of the molecule is CC(C)C(NC(=O)c1cccs1)C(=O)Nc1cccc(S(=O)(=O)NC2=NCCCCC2)c1. The van der Waals surface area contributed by atoms with Crippen molar-refractivity contribution in [1.82, 2.24) is 10.0 Å². The molecule has 172 valence electrons. The first-order valence-corrected chi connectivity index (χ1v) is 12.9. The highest BCUT2D eigenvalue weighted by Crippen LogP contribution is 2.18. The number of carbonyl (C=O) groups excluding carboxylic acids is 2. The van der Waals surface area contributed by atoms with Gasteiger partial charge in [0.15, 0.2) is 0 Å². The van der Waals surface area contributed by atoms with Gasteiger partial charge in [-0.2, -0.15) is 0 Å². The number of rotatable bonds is 7. The summed E-state index contributed by atoms with van der Waals surface area (Å²) in [6.45, 7) is 4.27. The van der Waals surface area contributed by atoms with Crippen LogP contribution in [-0.4, -0.2) is 38.7 Å². The lowest BCUT2D eigenvalue weighted by molar-refractivity contribution is -0.118. The second kappa shape index (κ2) is 10.7. The Labute approximate surface area is 192 Å². The third-order valence-corrected chi connectivity index (χ3v) is 7.27. The summed E-state index contributed by atoms with van der Waals surface area (Å²) in [7, 11) is -3.82. The molecule has 0 aliphatic carbocycles. The third kappa shape index (κ3) is 6.39. The average Bonchev–Trinajstić information content (AvgIpc) is 3.17. The van der Waals surface area contributed by atoms with E-state index in [0.29, 0.717) is 29.4 Å². The van der Waals surface area contributed by atoms with Gasteiger partial charge in [-0.25, -0.2) is 8.42 Å². The van der Waals surface area contributed by atoms with Gasteiger partial charge in [0.05, 0.1) is 9.77 Å². The van der Waals surface area contributed by atoms with Crippen LogP contribution in [0, 0.1) is 5.92 Å². The first-order chi connectivity index (χ1) is 15.3. The van der Waals surface area contributed by atoms with Crippen molar-refractivity contribution < 1.29 is 18.0 Å². The van der Waals surface area contributed by atoms with Crippen molar-refractivity contribution in [3.05, 3.63) is 46.7 Å². The summed E-state index contributed by atoms with van der Waals surface area (Å²) in [5.41, 5.74) is 0.330. The van der Waals surface area contributed by atoms with Gasteiger partial charge in [0.2, 0.25) is 5.91 Å². The van der Waals surface area contributed by atoms with Crippen molar-refractivity contribution in [3.63, 3.8) is 0 Å². The Balaban J connectivity index is 1.71. The quantitative estimate of drug-likeness (QED) is 0.568. The van der Waals surface area contributed by atoms with Crippen LogP contribution in [0.25, 0.3) is 0 Å². The highest BCUT2D eigenvalue weighted by atomic mass is 32.2. The zero-order valence-electron chi connectivity index (χ0n) is 18.1. The fraction of sp³-hybridized carbons (Fsp3) is 0.409. The van der Waals surface area contributed by atoms with Crippen molar-refractivity contribution in [3.8, 4) is 0 Å². The molecule has 32 heavy (non-hydrogen) atoms. The highest BCUT2D eigenvalue weighted by molar-refractivity contribution is 7.90. The lowest BCUT2D eigenvalue weighted by Gasteiger charge is -2.21. The molecule has 0 spiro atoms. The summed E-state index contributed by atoms with van der Waals surface area (Å²) >= 11 is 1.29. The maximum atomic E-state index is 12.9. The van der Waals surface area contributed by atoms with Crippen molar-refractivity contribution in [2.45, 2.75) is 50.5 Å². The Morgan fingerprint density at radius 3 is 2.62 bits per heavy atom. The van der Waals surface area contributed by atoms with Crippen LogP contribution in [0.15, 0.2) is 51.7 Å². The van der Waals surface area contributed by atoms with Crippen LogP contribution in [0.4, 0.5) is 5.69 Å². The summed E-state index contributed by atoms with van der Waals surface area (Å²) < 4.78 is 28.2. The van der Waals surface area contributed by atoms with E-state index in [0.717, 1.165) is 19.3 Å². The van der Waals surface area contributed by atoms with Crippen LogP contribution in [0.3, 0.4) is 0 Å². The number of aliphatic imine (C=N–C) groups is 1. The Bertz CT molecular complexity index is 1080. The van der Waals surface area contributed by atoms with Crippen LogP contribution in [0.1, 0.15) is 49.2 Å². The Morgan fingerprint density at radius 2 is 1.91 bits per heavy atom. The molecule has 1 aromatic carbocycles.